The van der Waals surface area contributed by atoms with Crippen molar-refractivity contribution in [3.05, 3.63) is 54.1 Å². The molecule has 1 heterocycles. The van der Waals surface area contributed by atoms with Gasteiger partial charge in [0.1, 0.15) is 23.4 Å². The molecular weight excluding hydrogens is 467 g/mol. The van der Waals surface area contributed by atoms with E-state index in [4.69, 9.17) is 14.2 Å². The van der Waals surface area contributed by atoms with E-state index >= 15 is 0 Å². The number of aliphatic hydroxyl groups is 2. The highest BCUT2D eigenvalue weighted by molar-refractivity contribution is 5.76. The summed E-state index contributed by atoms with van der Waals surface area (Å²) < 4.78 is 28.6. The van der Waals surface area contributed by atoms with Crippen LogP contribution in [0.4, 0.5) is 4.39 Å². The van der Waals surface area contributed by atoms with Crippen LogP contribution < -0.4 is 19.5 Å². The van der Waals surface area contributed by atoms with E-state index in [2.05, 4.69) is 5.32 Å². The molecule has 0 aromatic heterocycles. The summed E-state index contributed by atoms with van der Waals surface area (Å²) in [5.74, 6) is 1.77. The number of carbonyl (C=O) groups excluding carboxylic acids is 1. The molecule has 2 aromatic carbocycles. The van der Waals surface area contributed by atoms with Crippen LogP contribution in [0.5, 0.6) is 17.2 Å². The summed E-state index contributed by atoms with van der Waals surface area (Å²) in [4.78, 5) is 14.7. The van der Waals surface area contributed by atoms with Crippen LogP contribution in [0, 0.1) is 0 Å². The average Bonchev–Trinajstić information content (AvgIpc) is 3.31. The van der Waals surface area contributed by atoms with E-state index in [1.165, 1.54) is 0 Å². The van der Waals surface area contributed by atoms with Crippen molar-refractivity contribution in [3.63, 3.8) is 0 Å². The van der Waals surface area contributed by atoms with Crippen molar-refractivity contribution in [2.24, 2.45) is 0 Å². The van der Waals surface area contributed by atoms with Gasteiger partial charge in [-0.1, -0.05) is 12.1 Å². The molecule has 1 aliphatic heterocycles. The van der Waals surface area contributed by atoms with Gasteiger partial charge in [-0.3, -0.25) is 14.1 Å². The van der Waals surface area contributed by atoms with Crippen LogP contribution in [0.15, 0.2) is 48.5 Å². The third kappa shape index (κ3) is 8.96. The van der Waals surface area contributed by atoms with Gasteiger partial charge >= 0.3 is 0 Å². The highest BCUT2D eigenvalue weighted by Crippen LogP contribution is 2.23. The van der Waals surface area contributed by atoms with E-state index in [1.807, 2.05) is 4.90 Å². The number of nitrogens with one attached hydrogen (secondary N) is 1. The first-order chi connectivity index (χ1) is 17.5. The third-order valence-electron chi connectivity index (χ3n) is 6.11. The summed E-state index contributed by atoms with van der Waals surface area (Å²) in [6, 6.07) is 13.6. The molecule has 0 saturated carbocycles. The Labute approximate surface area is 212 Å². The fourth-order valence-corrected chi connectivity index (χ4v) is 4.07. The number of methoxy groups -OCH3 is 1. The van der Waals surface area contributed by atoms with Gasteiger partial charge in [-0.05, 0) is 61.2 Å². The molecule has 36 heavy (non-hydrogen) atoms. The molecule has 3 rings (SSSR count). The van der Waals surface area contributed by atoms with E-state index < -0.39 is 18.2 Å². The van der Waals surface area contributed by atoms with Crippen LogP contribution >= 0.6 is 0 Å². The number of unbranched alkanes of at least 4 members (excludes halogenated alkanes) is 1. The Morgan fingerprint density at radius 1 is 1.06 bits per heavy atom. The molecule has 3 atom stereocenters. The smallest absolute Gasteiger partial charge is 0.223 e. The zero-order valence-corrected chi connectivity index (χ0v) is 20.8. The molecule has 0 unspecified atom stereocenters. The van der Waals surface area contributed by atoms with Gasteiger partial charge in [-0.15, -0.1) is 0 Å². The molecule has 0 aliphatic carbocycles. The van der Waals surface area contributed by atoms with Crippen LogP contribution in [-0.2, 0) is 4.79 Å². The van der Waals surface area contributed by atoms with E-state index in [-0.39, 0.29) is 25.6 Å². The van der Waals surface area contributed by atoms with Gasteiger partial charge in [0.15, 0.2) is 0 Å². The van der Waals surface area contributed by atoms with Crippen molar-refractivity contribution in [3.8, 4) is 17.2 Å². The number of ether oxygens (including phenoxy) is 3. The normalized spacial score (nSPS) is 17.4. The van der Waals surface area contributed by atoms with Gasteiger partial charge in [-0.25, -0.2) is 0 Å². The molecular formula is C27H37FN2O6. The summed E-state index contributed by atoms with van der Waals surface area (Å²) in [5.41, 5.74) is 0.644. The number of likely N-dealkylation sites (tertiary alicyclic amines) is 1. The zero-order valence-electron chi connectivity index (χ0n) is 20.8. The maximum Gasteiger partial charge on any atom is 0.223 e. The lowest BCUT2D eigenvalue weighted by Gasteiger charge is -2.29. The number of β-amino-alcohol motifs (C(OH)–C–C–N with tert-alkyl or cyclic N) is 1. The van der Waals surface area contributed by atoms with Gasteiger partial charge in [0.25, 0.3) is 0 Å². The highest BCUT2D eigenvalue weighted by Gasteiger charge is 2.29. The molecule has 9 heteroatoms. The second-order valence-corrected chi connectivity index (χ2v) is 8.91. The predicted octanol–water partition coefficient (Wildman–Crippen LogP) is 2.88. The summed E-state index contributed by atoms with van der Waals surface area (Å²) in [7, 11) is 1.59. The number of nitrogens with zero attached hydrogens (tertiary/aromatic N) is 1. The molecule has 1 saturated heterocycles. The van der Waals surface area contributed by atoms with Crippen LogP contribution in [0.25, 0.3) is 0 Å². The van der Waals surface area contributed by atoms with Crippen molar-refractivity contribution in [1.29, 1.82) is 0 Å². The van der Waals surface area contributed by atoms with Crippen molar-refractivity contribution in [1.82, 2.24) is 10.2 Å². The third-order valence-corrected chi connectivity index (χ3v) is 6.11. The SMILES string of the molecule is COc1ccc(OCCC(=O)N[C@H](CN2CC[C@@H](O)C2)[C@@H](O)c2ccc(OCCCCF)cc2)cc1. The van der Waals surface area contributed by atoms with Crippen molar-refractivity contribution < 1.29 is 33.6 Å². The molecule has 198 valence electrons. The Bertz CT molecular complexity index is 911. The number of benzene rings is 2. The second-order valence-electron chi connectivity index (χ2n) is 8.91. The average molecular weight is 505 g/mol. The number of alkyl halides is 1. The van der Waals surface area contributed by atoms with E-state index in [0.717, 1.165) is 5.75 Å². The quantitative estimate of drug-likeness (QED) is 0.321. The Balaban J connectivity index is 1.56. The minimum Gasteiger partial charge on any atom is -0.497 e. The first kappa shape index (κ1) is 27.7. The number of hydrogen-bond acceptors (Lipinski definition) is 7. The molecule has 0 bridgehead atoms. The monoisotopic (exact) mass is 504 g/mol. The lowest BCUT2D eigenvalue weighted by molar-refractivity contribution is -0.123. The highest BCUT2D eigenvalue weighted by atomic mass is 19.1. The Morgan fingerprint density at radius 2 is 1.69 bits per heavy atom. The molecule has 1 fully saturated rings. The second kappa shape index (κ2) is 14.6. The van der Waals surface area contributed by atoms with Crippen LogP contribution in [0.3, 0.4) is 0 Å². The van der Waals surface area contributed by atoms with Gasteiger partial charge in [-0.2, -0.15) is 0 Å². The molecule has 0 spiro atoms. The molecule has 1 aliphatic rings. The van der Waals surface area contributed by atoms with Gasteiger partial charge in [0.2, 0.25) is 5.91 Å². The Hall–Kier alpha value is -2.88. The summed E-state index contributed by atoms with van der Waals surface area (Å²) >= 11 is 0. The topological polar surface area (TPSA) is 100 Å². The molecule has 3 N–H and O–H groups in total. The lowest BCUT2D eigenvalue weighted by atomic mass is 10.0. The maximum atomic E-state index is 12.7. The van der Waals surface area contributed by atoms with Crippen molar-refractivity contribution in [2.75, 3.05) is 46.6 Å². The van der Waals surface area contributed by atoms with Crippen molar-refractivity contribution >= 4 is 5.91 Å². The summed E-state index contributed by atoms with van der Waals surface area (Å²) in [6.07, 6.45) is 0.553. The van der Waals surface area contributed by atoms with Crippen LogP contribution in [0.1, 0.15) is 37.4 Å². The van der Waals surface area contributed by atoms with Gasteiger partial charge < -0.3 is 29.7 Å². The molecule has 2 aromatic rings. The summed E-state index contributed by atoms with van der Waals surface area (Å²) in [5, 5.41) is 24.0. The minimum atomic E-state index is -0.949. The largest absolute Gasteiger partial charge is 0.497 e. The van der Waals surface area contributed by atoms with E-state index in [0.29, 0.717) is 62.6 Å². The number of aliphatic hydroxyl groups excluding tert-OH is 2. The molecule has 0 radical (unpaired) electrons. The van der Waals surface area contributed by atoms with E-state index in [1.54, 1.807) is 55.6 Å². The summed E-state index contributed by atoms with van der Waals surface area (Å²) in [6.45, 7) is 1.88. The number of carbonyl (C=O) groups is 1. The first-order valence-corrected chi connectivity index (χ1v) is 12.4. The minimum absolute atomic E-state index is 0.129. The van der Waals surface area contributed by atoms with Gasteiger partial charge in [0.05, 0.1) is 45.6 Å². The standard InChI is InChI=1S/C27H37FN2O6/c1-34-22-8-10-24(11-9-22)36-17-13-26(32)29-25(19-30-15-12-21(31)18-30)27(33)20-4-6-23(7-5-20)35-16-3-2-14-28/h4-11,21,25,27,31,33H,2-3,12-19H2,1H3,(H,29,32)/t21-,25-,27+/m1/s1. The fraction of sp³-hybridized carbons (Fsp3) is 0.519. The first-order valence-electron chi connectivity index (χ1n) is 12.4. The number of amides is 1. The Morgan fingerprint density at radius 3 is 2.31 bits per heavy atom. The maximum absolute atomic E-state index is 12.7. The predicted molar refractivity (Wildman–Crippen MR) is 134 cm³/mol. The number of hydrogen-bond donors (Lipinski definition) is 3. The number of halogens is 1. The number of rotatable bonds is 15. The fourth-order valence-electron chi connectivity index (χ4n) is 4.07. The van der Waals surface area contributed by atoms with E-state index in [9.17, 15) is 19.4 Å². The van der Waals surface area contributed by atoms with Crippen LogP contribution in [0.2, 0.25) is 0 Å². The van der Waals surface area contributed by atoms with Crippen LogP contribution in [-0.4, -0.2) is 79.8 Å². The zero-order chi connectivity index (χ0) is 25.8. The van der Waals surface area contributed by atoms with Gasteiger partial charge in [0, 0.05) is 19.6 Å². The van der Waals surface area contributed by atoms with Crippen molar-refractivity contribution in [2.45, 2.75) is 43.9 Å². The molecule has 8 nitrogen and oxygen atoms in total. The molecule has 1 amide bonds. The lowest BCUT2D eigenvalue weighted by Crippen LogP contribution is -2.47. The Kier molecular flexibility index (Phi) is 11.3.